The van der Waals surface area contributed by atoms with Crippen molar-refractivity contribution in [1.29, 1.82) is 0 Å². The predicted molar refractivity (Wildman–Crippen MR) is 148 cm³/mol. The Morgan fingerprint density at radius 3 is 1.75 bits per heavy atom. The summed E-state index contributed by atoms with van der Waals surface area (Å²) < 4.78 is 0. The van der Waals surface area contributed by atoms with Crippen LogP contribution in [-0.2, 0) is 19.2 Å². The maximum absolute atomic E-state index is 13.9. The van der Waals surface area contributed by atoms with Gasteiger partial charge in [0.2, 0.25) is 5.91 Å². The van der Waals surface area contributed by atoms with Crippen LogP contribution in [0.25, 0.3) is 0 Å². The summed E-state index contributed by atoms with van der Waals surface area (Å²) in [6.45, 7) is 16.8. The third-order valence-corrected chi connectivity index (χ3v) is 7.50. The van der Waals surface area contributed by atoms with Crippen molar-refractivity contribution in [2.24, 2.45) is 11.1 Å². The monoisotopic (exact) mass is 506 g/mol. The Morgan fingerprint density at radius 1 is 0.833 bits per heavy atom. The molecule has 0 bridgehead atoms. The van der Waals surface area contributed by atoms with Gasteiger partial charge in [0.15, 0.2) is 19.4 Å². The highest BCUT2D eigenvalue weighted by Gasteiger charge is 2.48. The number of carbonyl (C=O) groups excluding carboxylic acids is 4. The minimum absolute atomic E-state index is 0.0305. The highest BCUT2D eigenvalue weighted by Crippen LogP contribution is 2.35. The Kier molecular flexibility index (Phi) is 11.1. The van der Waals surface area contributed by atoms with Gasteiger partial charge < -0.3 is 26.5 Å². The first kappa shape index (κ1) is 32.5. The average Bonchev–Trinajstić information content (AvgIpc) is 2.68. The number of Topliss-reactive ketones (excluding diaryl/α,β-unsaturated/α-hetero) is 2. The number of rotatable bonds is 15. The van der Waals surface area contributed by atoms with Crippen LogP contribution in [0.15, 0.2) is 0 Å². The van der Waals surface area contributed by atoms with E-state index in [4.69, 9.17) is 5.73 Å². The van der Waals surface area contributed by atoms with Crippen LogP contribution in [-0.4, -0.2) is 65.7 Å². The van der Waals surface area contributed by atoms with E-state index in [-0.39, 0.29) is 41.2 Å². The first-order valence-corrected chi connectivity index (χ1v) is 13.4. The first-order valence-electron chi connectivity index (χ1n) is 13.4. The lowest BCUT2D eigenvalue weighted by molar-refractivity contribution is -0.136. The lowest BCUT2D eigenvalue weighted by Gasteiger charge is -2.46. The quantitative estimate of drug-likeness (QED) is 0.249. The molecule has 1 fully saturated rings. The average molecular weight is 507 g/mol. The molecule has 0 spiro atoms. The number of nitrogens with two attached hydrogens (primary N) is 1. The predicted octanol–water partition coefficient (Wildman–Crippen LogP) is 1.77. The maximum Gasteiger partial charge on any atom is 0.220 e. The molecule has 1 amide bonds. The summed E-state index contributed by atoms with van der Waals surface area (Å²) >= 11 is 0. The second-order valence-corrected chi connectivity index (χ2v) is 13.3. The Bertz CT molecular complexity index is 808. The summed E-state index contributed by atoms with van der Waals surface area (Å²) in [5.74, 6) is -0.297. The highest BCUT2D eigenvalue weighted by atomic mass is 16.2. The summed E-state index contributed by atoms with van der Waals surface area (Å²) in [4.78, 5) is 51.3. The van der Waals surface area contributed by atoms with Crippen molar-refractivity contribution in [2.75, 3.05) is 0 Å². The molecular formula is C27H51BN4O4. The molecule has 2 unspecified atom stereocenters. The molecule has 0 aromatic carbocycles. The maximum atomic E-state index is 13.9. The molecule has 2 atom stereocenters. The first-order chi connectivity index (χ1) is 16.2. The molecule has 0 saturated heterocycles. The van der Waals surface area contributed by atoms with Crippen LogP contribution >= 0.6 is 0 Å². The molecule has 1 rings (SSSR count). The molecular weight excluding hydrogens is 455 g/mol. The van der Waals surface area contributed by atoms with E-state index in [0.29, 0.717) is 19.3 Å². The molecule has 8 nitrogen and oxygen atoms in total. The number of hydrogen-bond acceptors (Lipinski definition) is 7. The van der Waals surface area contributed by atoms with E-state index in [0.717, 1.165) is 19.3 Å². The van der Waals surface area contributed by atoms with Gasteiger partial charge in [-0.3, -0.25) is 14.4 Å². The van der Waals surface area contributed by atoms with E-state index >= 15 is 0 Å². The lowest BCUT2D eigenvalue weighted by atomic mass is 9.68. The zero-order valence-electron chi connectivity index (χ0n) is 24.4. The number of ketones is 2. The van der Waals surface area contributed by atoms with E-state index in [9.17, 15) is 19.2 Å². The van der Waals surface area contributed by atoms with Gasteiger partial charge in [-0.15, -0.1) is 0 Å². The van der Waals surface area contributed by atoms with Gasteiger partial charge in [0.1, 0.15) is 0 Å². The van der Waals surface area contributed by atoms with E-state index in [1.807, 2.05) is 48.5 Å². The van der Waals surface area contributed by atoms with Crippen molar-refractivity contribution >= 4 is 31.0 Å². The normalized spacial score (nSPS) is 17.2. The Balaban J connectivity index is 3.12. The third-order valence-electron chi connectivity index (χ3n) is 7.50. The van der Waals surface area contributed by atoms with E-state index in [2.05, 4.69) is 16.0 Å². The van der Waals surface area contributed by atoms with Crippen LogP contribution in [0.1, 0.15) is 107 Å². The molecule has 206 valence electrons. The third kappa shape index (κ3) is 9.71. The summed E-state index contributed by atoms with van der Waals surface area (Å²) in [5, 5.41) is 9.83. The molecule has 0 aromatic heterocycles. The van der Waals surface area contributed by atoms with E-state index in [1.165, 1.54) is 7.85 Å². The summed E-state index contributed by atoms with van der Waals surface area (Å²) in [7, 11) is 1.53. The molecule has 5 N–H and O–H groups in total. The van der Waals surface area contributed by atoms with Crippen molar-refractivity contribution in [2.45, 2.75) is 142 Å². The fraction of sp³-hybridized carbons (Fsp3) is 0.852. The Morgan fingerprint density at radius 2 is 1.33 bits per heavy atom. The van der Waals surface area contributed by atoms with Gasteiger partial charge in [-0.25, -0.2) is 0 Å². The van der Waals surface area contributed by atoms with Gasteiger partial charge in [0.25, 0.3) is 0 Å². The van der Waals surface area contributed by atoms with Crippen molar-refractivity contribution in [1.82, 2.24) is 16.0 Å². The minimum atomic E-state index is -1.09. The van der Waals surface area contributed by atoms with Crippen LogP contribution in [0.5, 0.6) is 0 Å². The fourth-order valence-electron chi connectivity index (χ4n) is 4.34. The molecule has 0 heterocycles. The smallest absolute Gasteiger partial charge is 0.220 e. The van der Waals surface area contributed by atoms with Gasteiger partial charge in [0, 0.05) is 29.0 Å². The number of nitrogens with one attached hydrogen (secondary N) is 3. The number of amides is 1. The summed E-state index contributed by atoms with van der Waals surface area (Å²) in [6.07, 6.45) is 4.33. The summed E-state index contributed by atoms with van der Waals surface area (Å²) in [5.41, 5.74) is 3.08. The van der Waals surface area contributed by atoms with Gasteiger partial charge in [-0.1, -0.05) is 13.8 Å². The van der Waals surface area contributed by atoms with Crippen molar-refractivity contribution < 1.29 is 19.2 Å². The fourth-order valence-corrected chi connectivity index (χ4v) is 4.34. The number of carbonyl (C=O) groups is 4. The van der Waals surface area contributed by atoms with Gasteiger partial charge >= 0.3 is 0 Å². The van der Waals surface area contributed by atoms with Crippen molar-refractivity contribution in [3.05, 3.63) is 0 Å². The topological polar surface area (TPSA) is 130 Å². The molecule has 0 aliphatic heterocycles. The molecule has 1 saturated carbocycles. The Hall–Kier alpha value is -1.58. The van der Waals surface area contributed by atoms with Crippen molar-refractivity contribution in [3.63, 3.8) is 0 Å². The molecule has 36 heavy (non-hydrogen) atoms. The van der Waals surface area contributed by atoms with Crippen LogP contribution in [0.3, 0.4) is 0 Å². The largest absolute Gasteiger partial charge is 0.353 e. The molecule has 0 aromatic rings. The zero-order valence-corrected chi connectivity index (χ0v) is 24.4. The van der Waals surface area contributed by atoms with Crippen LogP contribution in [0.2, 0.25) is 0 Å². The highest BCUT2D eigenvalue weighted by molar-refractivity contribution is 6.57. The van der Waals surface area contributed by atoms with Crippen LogP contribution in [0, 0.1) is 5.41 Å². The second-order valence-electron chi connectivity index (χ2n) is 13.3. The Labute approximate surface area is 219 Å². The van der Waals surface area contributed by atoms with Crippen LogP contribution < -0.4 is 21.7 Å². The summed E-state index contributed by atoms with van der Waals surface area (Å²) in [6, 6.07) is -0.968. The SMILES string of the molecule is BC(=O)CCC(NC(C)(C)C)C(=O)C(C)(C)C(C)(C)NC(CCC(=O)NC1CCC1)C(=O)C(C)(C)N. The zero-order chi connectivity index (χ0) is 28.1. The van der Waals surface area contributed by atoms with Gasteiger partial charge in [-0.05, 0) is 87.0 Å². The lowest BCUT2D eigenvalue weighted by Crippen LogP contribution is -2.65. The molecule has 9 heteroatoms. The van der Waals surface area contributed by atoms with Crippen LogP contribution in [0.4, 0.5) is 0 Å². The standard InChI is InChI=1S/C27H51BN4O4/c1-24(2,3)31-18(13-15-20(28)33)22(35)25(4,5)27(8,9)32-19(23(36)26(6,7)29)14-16-21(34)30-17-11-10-12-17/h17-19,31-32H,10-16,28-29H2,1-9H3,(H,30,34). The molecule has 1 aliphatic carbocycles. The number of hydrogen-bond donors (Lipinski definition) is 4. The molecule has 1 aliphatic rings. The van der Waals surface area contributed by atoms with Crippen molar-refractivity contribution in [3.8, 4) is 0 Å². The minimum Gasteiger partial charge on any atom is -0.353 e. The van der Waals surface area contributed by atoms with Gasteiger partial charge in [0.05, 0.1) is 23.3 Å². The van der Waals surface area contributed by atoms with E-state index in [1.54, 1.807) is 13.8 Å². The van der Waals surface area contributed by atoms with E-state index < -0.39 is 28.6 Å². The second kappa shape index (κ2) is 12.3. The van der Waals surface area contributed by atoms with Gasteiger partial charge in [-0.2, -0.15) is 0 Å². The molecule has 0 radical (unpaired) electrons.